The Morgan fingerprint density at radius 3 is 2.73 bits per heavy atom. The summed E-state index contributed by atoms with van der Waals surface area (Å²) in [5.41, 5.74) is 0.801. The molecule has 1 aliphatic heterocycles. The highest BCUT2D eigenvalue weighted by atomic mass is 19.4. The molecule has 30 heavy (non-hydrogen) atoms. The van der Waals surface area contributed by atoms with Gasteiger partial charge in [-0.2, -0.15) is 18.3 Å². The molecule has 1 aliphatic carbocycles. The van der Waals surface area contributed by atoms with Crippen molar-refractivity contribution in [3.63, 3.8) is 0 Å². The molecule has 2 aromatic rings. The summed E-state index contributed by atoms with van der Waals surface area (Å²) in [6, 6.07) is 1.05. The van der Waals surface area contributed by atoms with E-state index in [-0.39, 0.29) is 37.0 Å². The zero-order chi connectivity index (χ0) is 21.6. The highest BCUT2D eigenvalue weighted by molar-refractivity contribution is 6.00. The van der Waals surface area contributed by atoms with E-state index in [0.717, 1.165) is 5.69 Å². The van der Waals surface area contributed by atoms with Gasteiger partial charge in [-0.25, -0.2) is 9.67 Å². The maximum absolute atomic E-state index is 12.7. The zero-order valence-corrected chi connectivity index (χ0v) is 16.6. The van der Waals surface area contributed by atoms with Crippen LogP contribution in [0.4, 0.5) is 19.0 Å². The average molecular weight is 425 g/mol. The van der Waals surface area contributed by atoms with Crippen LogP contribution in [0, 0.1) is 18.8 Å². The van der Waals surface area contributed by atoms with Crippen LogP contribution in [0.1, 0.15) is 35.6 Å². The highest BCUT2D eigenvalue weighted by Gasteiger charge is 2.47. The topological polar surface area (TPSA) is 97.9 Å². The lowest BCUT2D eigenvalue weighted by Crippen LogP contribution is -2.47. The Bertz CT molecular complexity index is 961. The molecule has 0 bridgehead atoms. The Balaban J connectivity index is 1.35. The van der Waals surface area contributed by atoms with Crippen LogP contribution in [-0.2, 0) is 17.9 Å². The number of carbonyl (C=O) groups excluding carboxylic acids is 2. The van der Waals surface area contributed by atoms with Gasteiger partial charge in [-0.05, 0) is 32.1 Å². The molecule has 0 spiro atoms. The van der Waals surface area contributed by atoms with Crippen LogP contribution in [-0.4, -0.2) is 55.6 Å². The Labute approximate surface area is 170 Å². The first-order valence-corrected chi connectivity index (χ1v) is 9.71. The van der Waals surface area contributed by atoms with Gasteiger partial charge in [0, 0.05) is 26.2 Å². The molecule has 0 saturated heterocycles. The summed E-state index contributed by atoms with van der Waals surface area (Å²) in [5.74, 6) is -1.72. The van der Waals surface area contributed by atoms with Crippen molar-refractivity contribution in [3.8, 4) is 0 Å². The number of hydrogen-bond donors (Lipinski definition) is 1. The number of nitrogens with one attached hydrogen (secondary N) is 1. The van der Waals surface area contributed by atoms with Crippen molar-refractivity contribution in [2.75, 3.05) is 11.9 Å². The number of halogens is 3. The van der Waals surface area contributed by atoms with E-state index in [4.69, 9.17) is 0 Å². The Kier molecular flexibility index (Phi) is 5.02. The van der Waals surface area contributed by atoms with Gasteiger partial charge in [-0.1, -0.05) is 0 Å². The van der Waals surface area contributed by atoms with Crippen molar-refractivity contribution < 1.29 is 22.8 Å². The maximum Gasteiger partial charge on any atom is 0.391 e. The van der Waals surface area contributed by atoms with Gasteiger partial charge < -0.3 is 5.32 Å². The third kappa shape index (κ3) is 3.90. The summed E-state index contributed by atoms with van der Waals surface area (Å²) < 4.78 is 40.9. The molecule has 1 saturated carbocycles. The number of amides is 2. The van der Waals surface area contributed by atoms with Gasteiger partial charge in [-0.15, -0.1) is 5.10 Å². The molecule has 1 fully saturated rings. The molecule has 2 aromatic heterocycles. The molecule has 1 N–H and O–H groups in total. The van der Waals surface area contributed by atoms with Crippen molar-refractivity contribution in [1.29, 1.82) is 0 Å². The first kappa shape index (κ1) is 20.4. The Morgan fingerprint density at radius 2 is 2.03 bits per heavy atom. The number of anilines is 1. The number of aryl methyl sites for hydroxylation is 2. The smallest absolute Gasteiger partial charge is 0.337 e. The Morgan fingerprint density at radius 1 is 1.30 bits per heavy atom. The second-order valence-corrected chi connectivity index (χ2v) is 7.95. The monoisotopic (exact) mass is 425 g/mol. The predicted octanol–water partition coefficient (Wildman–Crippen LogP) is 1.54. The van der Waals surface area contributed by atoms with Crippen LogP contribution in [0.15, 0.2) is 12.4 Å². The number of carbonyl (C=O) groups is 2. The molecule has 2 amide bonds. The van der Waals surface area contributed by atoms with Crippen LogP contribution in [0.3, 0.4) is 0 Å². The van der Waals surface area contributed by atoms with Crippen LogP contribution < -0.4 is 10.2 Å². The molecular weight excluding hydrogens is 403 g/mol. The number of hydrogen-bond acceptors (Lipinski definition) is 5. The molecule has 1 atom stereocenters. The lowest BCUT2D eigenvalue weighted by atomic mass is 9.74. The van der Waals surface area contributed by atoms with Gasteiger partial charge in [0.25, 0.3) is 11.8 Å². The molecule has 0 unspecified atom stereocenters. The quantitative estimate of drug-likeness (QED) is 0.801. The number of alkyl halides is 3. The van der Waals surface area contributed by atoms with Crippen molar-refractivity contribution in [2.24, 2.45) is 11.8 Å². The lowest BCUT2D eigenvalue weighted by Gasteiger charge is -2.36. The first-order valence-electron chi connectivity index (χ1n) is 9.71. The largest absolute Gasteiger partial charge is 0.391 e. The molecule has 0 radical (unpaired) electrons. The summed E-state index contributed by atoms with van der Waals surface area (Å²) in [6.45, 7) is 2.58. The van der Waals surface area contributed by atoms with Crippen molar-refractivity contribution in [1.82, 2.24) is 29.9 Å². The normalized spacial score (nSPS) is 24.2. The maximum atomic E-state index is 12.7. The summed E-state index contributed by atoms with van der Waals surface area (Å²) in [6.07, 6.45) is -2.35. The van der Waals surface area contributed by atoms with Crippen molar-refractivity contribution in [3.05, 3.63) is 23.9 Å². The van der Waals surface area contributed by atoms with Crippen LogP contribution in [0.25, 0.3) is 0 Å². The van der Waals surface area contributed by atoms with E-state index in [9.17, 15) is 22.8 Å². The fourth-order valence-corrected chi connectivity index (χ4v) is 3.95. The number of nitrogens with zero attached hydrogens (tertiary/aromatic N) is 6. The molecule has 162 valence electrons. The standard InChI is InChI=1S/C18H22F3N7O2/c1-10-5-14-26(2)17(30)13(3-4-28(14)24-10)23-16(29)15-22-9-27(25-15)8-11-6-12(7-11)18(19,20)21/h5,9,11-13H,3-4,6-8H2,1-2H3,(H,23,29)/t11?,12?,13-/m0/s1. The summed E-state index contributed by atoms with van der Waals surface area (Å²) >= 11 is 0. The van der Waals surface area contributed by atoms with Gasteiger partial charge in [0.15, 0.2) is 0 Å². The van der Waals surface area contributed by atoms with E-state index in [1.807, 2.05) is 6.92 Å². The van der Waals surface area contributed by atoms with Gasteiger partial charge >= 0.3 is 6.18 Å². The molecule has 3 heterocycles. The Hall–Kier alpha value is -2.92. The van der Waals surface area contributed by atoms with E-state index < -0.39 is 24.0 Å². The molecule has 9 nitrogen and oxygen atoms in total. The van der Waals surface area contributed by atoms with E-state index in [2.05, 4.69) is 20.5 Å². The van der Waals surface area contributed by atoms with Gasteiger partial charge in [0.05, 0.1) is 11.6 Å². The second kappa shape index (κ2) is 7.40. The third-order valence-electron chi connectivity index (χ3n) is 5.67. The molecule has 0 aromatic carbocycles. The zero-order valence-electron chi connectivity index (χ0n) is 16.6. The van der Waals surface area contributed by atoms with Crippen molar-refractivity contribution >= 4 is 17.6 Å². The van der Waals surface area contributed by atoms with E-state index in [1.54, 1.807) is 17.8 Å². The molecule has 2 aliphatic rings. The lowest BCUT2D eigenvalue weighted by molar-refractivity contribution is -0.205. The first-order chi connectivity index (χ1) is 14.1. The summed E-state index contributed by atoms with van der Waals surface area (Å²) in [4.78, 5) is 30.6. The van der Waals surface area contributed by atoms with Crippen molar-refractivity contribution in [2.45, 2.75) is 51.5 Å². The van der Waals surface area contributed by atoms with Crippen LogP contribution in [0.5, 0.6) is 0 Å². The minimum Gasteiger partial charge on any atom is -0.337 e. The fourth-order valence-electron chi connectivity index (χ4n) is 3.95. The summed E-state index contributed by atoms with van der Waals surface area (Å²) in [7, 11) is 1.62. The highest BCUT2D eigenvalue weighted by Crippen LogP contribution is 2.45. The van der Waals surface area contributed by atoms with Gasteiger partial charge in [-0.3, -0.25) is 19.2 Å². The SMILES string of the molecule is Cc1cc2n(n1)CC[C@H](NC(=O)c1ncn(CC3CC(C(F)(F)F)C3)n1)C(=O)N2C. The van der Waals surface area contributed by atoms with Crippen LogP contribution >= 0.6 is 0 Å². The predicted molar refractivity (Wildman–Crippen MR) is 98.5 cm³/mol. The van der Waals surface area contributed by atoms with Gasteiger partial charge in [0.2, 0.25) is 5.82 Å². The van der Waals surface area contributed by atoms with E-state index in [0.29, 0.717) is 18.8 Å². The third-order valence-corrected chi connectivity index (χ3v) is 5.67. The summed E-state index contributed by atoms with van der Waals surface area (Å²) in [5, 5.41) is 11.1. The van der Waals surface area contributed by atoms with E-state index >= 15 is 0 Å². The number of likely N-dealkylation sites (N-methyl/N-ethyl adjacent to an activating group) is 1. The molecule has 4 rings (SSSR count). The molecular formula is C18H22F3N7O2. The minimum atomic E-state index is -4.16. The fraction of sp³-hybridized carbons (Fsp3) is 0.611. The number of aromatic nitrogens is 5. The van der Waals surface area contributed by atoms with E-state index in [1.165, 1.54) is 15.9 Å². The molecule has 12 heteroatoms. The minimum absolute atomic E-state index is 0.0576. The number of rotatable bonds is 4. The van der Waals surface area contributed by atoms with Gasteiger partial charge in [0.1, 0.15) is 18.2 Å². The number of fused-ring (bicyclic) bond motifs is 1. The second-order valence-electron chi connectivity index (χ2n) is 7.95. The van der Waals surface area contributed by atoms with Crippen LogP contribution in [0.2, 0.25) is 0 Å². The average Bonchev–Trinajstić information content (AvgIpc) is 3.23.